The van der Waals surface area contributed by atoms with Crippen LogP contribution in [0.5, 0.6) is 0 Å². The molecule has 4 nitrogen and oxygen atoms in total. The molecule has 0 unspecified atom stereocenters. The number of benzene rings is 1. The van der Waals surface area contributed by atoms with Crippen LogP contribution in [0.15, 0.2) is 57.1 Å². The van der Waals surface area contributed by atoms with E-state index in [0.29, 0.717) is 4.88 Å². The van der Waals surface area contributed by atoms with Gasteiger partial charge >= 0.3 is 0 Å². The molecule has 0 atom stereocenters. The number of nitrogens with one attached hydrogen (secondary N) is 1. The molecular formula is C14H9Br2N3OS. The van der Waals surface area contributed by atoms with Crippen LogP contribution in [0.3, 0.4) is 0 Å². The number of carbonyl (C=O) groups is 1. The number of amides is 1. The lowest BCUT2D eigenvalue weighted by Gasteiger charge is -2.05. The number of rotatable bonds is 3. The Balaban J connectivity index is 1.74. The molecule has 1 aromatic carbocycles. The Hall–Kier alpha value is -1.44. The minimum atomic E-state index is -0.127. The molecule has 106 valence electrons. The third kappa shape index (κ3) is 3.25. The van der Waals surface area contributed by atoms with Crippen LogP contribution in [0.2, 0.25) is 0 Å². The zero-order chi connectivity index (χ0) is 14.8. The molecule has 7 heteroatoms. The van der Waals surface area contributed by atoms with E-state index < -0.39 is 0 Å². The van der Waals surface area contributed by atoms with Crippen molar-refractivity contribution in [2.45, 2.75) is 0 Å². The van der Waals surface area contributed by atoms with Crippen molar-refractivity contribution in [3.05, 3.63) is 61.9 Å². The number of thiophene rings is 1. The first-order chi connectivity index (χ1) is 10.1. The second-order valence-electron chi connectivity index (χ2n) is 4.18. The summed E-state index contributed by atoms with van der Waals surface area (Å²) >= 11 is 8.15. The van der Waals surface area contributed by atoms with E-state index in [2.05, 4.69) is 42.3 Å². The van der Waals surface area contributed by atoms with Crippen molar-refractivity contribution in [3.63, 3.8) is 0 Å². The largest absolute Gasteiger partial charge is 0.321 e. The lowest BCUT2D eigenvalue weighted by Crippen LogP contribution is -2.10. The van der Waals surface area contributed by atoms with Gasteiger partial charge in [-0.1, -0.05) is 0 Å². The molecule has 1 amide bonds. The summed E-state index contributed by atoms with van der Waals surface area (Å²) in [6.07, 6.45) is 3.59. The van der Waals surface area contributed by atoms with Crippen molar-refractivity contribution >= 4 is 54.8 Å². The molecule has 2 aromatic heterocycles. The van der Waals surface area contributed by atoms with Crippen LogP contribution in [-0.2, 0) is 0 Å². The van der Waals surface area contributed by atoms with Crippen LogP contribution in [-0.4, -0.2) is 15.7 Å². The van der Waals surface area contributed by atoms with E-state index in [0.717, 1.165) is 19.6 Å². The van der Waals surface area contributed by atoms with Crippen LogP contribution < -0.4 is 5.32 Å². The second-order valence-corrected chi connectivity index (χ2v) is 7.41. The quantitative estimate of drug-likeness (QED) is 0.659. The summed E-state index contributed by atoms with van der Waals surface area (Å²) < 4.78 is 3.55. The minimum absolute atomic E-state index is 0.127. The first-order valence-corrected chi connectivity index (χ1v) is 8.40. The lowest BCUT2D eigenvalue weighted by molar-refractivity contribution is 0.103. The molecule has 0 fully saturated rings. The first-order valence-electron chi connectivity index (χ1n) is 6.00. The van der Waals surface area contributed by atoms with Gasteiger partial charge in [-0.15, -0.1) is 11.3 Å². The van der Waals surface area contributed by atoms with Gasteiger partial charge in [-0.05, 0) is 68.3 Å². The monoisotopic (exact) mass is 425 g/mol. The maximum atomic E-state index is 12.1. The molecule has 0 saturated carbocycles. The fraction of sp³-hybridized carbons (Fsp3) is 0. The molecule has 3 rings (SSSR count). The molecule has 21 heavy (non-hydrogen) atoms. The maximum absolute atomic E-state index is 12.1. The molecule has 2 heterocycles. The molecule has 0 spiro atoms. The van der Waals surface area contributed by atoms with E-state index in [1.54, 1.807) is 16.9 Å². The summed E-state index contributed by atoms with van der Waals surface area (Å²) in [6.45, 7) is 0. The number of hydrogen-bond donors (Lipinski definition) is 1. The minimum Gasteiger partial charge on any atom is -0.321 e. The Morgan fingerprint density at radius 2 is 2.00 bits per heavy atom. The van der Waals surface area contributed by atoms with Crippen molar-refractivity contribution in [1.29, 1.82) is 0 Å². The Labute approximate surface area is 142 Å². The standard InChI is InChI=1S/C14H9Br2N3OS/c15-11-8-12(21-13(11)16)14(20)18-9-2-4-10(5-3-9)19-7-1-6-17-19/h1-8H,(H,18,20). The van der Waals surface area contributed by atoms with Gasteiger partial charge in [-0.3, -0.25) is 4.79 Å². The Morgan fingerprint density at radius 3 is 2.57 bits per heavy atom. The van der Waals surface area contributed by atoms with E-state index in [-0.39, 0.29) is 5.91 Å². The van der Waals surface area contributed by atoms with E-state index >= 15 is 0 Å². The Morgan fingerprint density at radius 1 is 1.24 bits per heavy atom. The number of nitrogens with zero attached hydrogens (tertiary/aromatic N) is 2. The number of carbonyl (C=O) groups excluding carboxylic acids is 1. The fourth-order valence-electron chi connectivity index (χ4n) is 1.77. The fourth-order valence-corrected chi connectivity index (χ4v) is 3.70. The second kappa shape index (κ2) is 6.13. The highest BCUT2D eigenvalue weighted by Gasteiger charge is 2.12. The molecule has 0 aliphatic rings. The van der Waals surface area contributed by atoms with Gasteiger partial charge in [-0.2, -0.15) is 5.10 Å². The van der Waals surface area contributed by atoms with Crippen molar-refractivity contribution in [2.24, 2.45) is 0 Å². The van der Waals surface area contributed by atoms with Gasteiger partial charge in [0.2, 0.25) is 0 Å². The highest BCUT2D eigenvalue weighted by molar-refractivity contribution is 9.13. The molecule has 0 aliphatic carbocycles. The van der Waals surface area contributed by atoms with Gasteiger partial charge in [0, 0.05) is 22.6 Å². The molecule has 0 aliphatic heterocycles. The van der Waals surface area contributed by atoms with Crippen LogP contribution in [0.1, 0.15) is 9.67 Å². The molecule has 0 saturated heterocycles. The van der Waals surface area contributed by atoms with Crippen LogP contribution >= 0.6 is 43.2 Å². The van der Waals surface area contributed by atoms with Crippen molar-refractivity contribution in [2.75, 3.05) is 5.32 Å². The van der Waals surface area contributed by atoms with Gasteiger partial charge < -0.3 is 5.32 Å². The Kier molecular flexibility index (Phi) is 4.23. The highest BCUT2D eigenvalue weighted by atomic mass is 79.9. The average molecular weight is 427 g/mol. The number of halogens is 2. The predicted octanol–water partition coefficient (Wildman–Crippen LogP) is 4.71. The molecule has 1 N–H and O–H groups in total. The van der Waals surface area contributed by atoms with E-state index in [4.69, 9.17) is 0 Å². The molecular weight excluding hydrogens is 418 g/mol. The van der Waals surface area contributed by atoms with Gasteiger partial charge in [-0.25, -0.2) is 4.68 Å². The lowest BCUT2D eigenvalue weighted by atomic mass is 10.2. The number of hydrogen-bond acceptors (Lipinski definition) is 3. The third-order valence-electron chi connectivity index (χ3n) is 2.76. The molecule has 3 aromatic rings. The summed E-state index contributed by atoms with van der Waals surface area (Å²) in [5, 5.41) is 7.03. The van der Waals surface area contributed by atoms with E-state index in [9.17, 15) is 4.79 Å². The van der Waals surface area contributed by atoms with E-state index in [1.807, 2.05) is 36.5 Å². The van der Waals surface area contributed by atoms with Gasteiger partial charge in [0.15, 0.2) is 0 Å². The molecule has 0 radical (unpaired) electrons. The first kappa shape index (κ1) is 14.5. The Bertz CT molecular complexity index is 747. The average Bonchev–Trinajstić information content (AvgIpc) is 3.11. The van der Waals surface area contributed by atoms with Crippen molar-refractivity contribution in [3.8, 4) is 5.69 Å². The normalized spacial score (nSPS) is 10.6. The van der Waals surface area contributed by atoms with Crippen molar-refractivity contribution in [1.82, 2.24) is 9.78 Å². The number of aromatic nitrogens is 2. The van der Waals surface area contributed by atoms with Crippen LogP contribution in [0.25, 0.3) is 5.69 Å². The summed E-state index contributed by atoms with van der Waals surface area (Å²) in [6, 6.07) is 11.2. The molecule has 0 bridgehead atoms. The van der Waals surface area contributed by atoms with Crippen LogP contribution in [0.4, 0.5) is 5.69 Å². The topological polar surface area (TPSA) is 46.9 Å². The zero-order valence-electron chi connectivity index (χ0n) is 10.6. The van der Waals surface area contributed by atoms with Crippen LogP contribution in [0, 0.1) is 0 Å². The summed E-state index contributed by atoms with van der Waals surface area (Å²) in [5.74, 6) is -0.127. The van der Waals surface area contributed by atoms with Crippen molar-refractivity contribution < 1.29 is 4.79 Å². The SMILES string of the molecule is O=C(Nc1ccc(-n2cccn2)cc1)c1cc(Br)c(Br)s1. The third-order valence-corrected chi connectivity index (χ3v) is 6.02. The zero-order valence-corrected chi connectivity index (χ0v) is 14.6. The smallest absolute Gasteiger partial charge is 0.265 e. The summed E-state index contributed by atoms with van der Waals surface area (Å²) in [5.41, 5.74) is 1.69. The van der Waals surface area contributed by atoms with Gasteiger partial charge in [0.1, 0.15) is 0 Å². The van der Waals surface area contributed by atoms with Gasteiger partial charge in [0.05, 0.1) is 14.4 Å². The highest BCUT2D eigenvalue weighted by Crippen LogP contribution is 2.32. The predicted molar refractivity (Wildman–Crippen MR) is 91.2 cm³/mol. The maximum Gasteiger partial charge on any atom is 0.265 e. The van der Waals surface area contributed by atoms with Gasteiger partial charge in [0.25, 0.3) is 5.91 Å². The van der Waals surface area contributed by atoms with E-state index in [1.165, 1.54) is 11.3 Å². The summed E-state index contributed by atoms with van der Waals surface area (Å²) in [7, 11) is 0. The number of anilines is 1. The summed E-state index contributed by atoms with van der Waals surface area (Å²) in [4.78, 5) is 12.8.